The Labute approximate surface area is 58.2 Å². The number of nitrogens with two attached hydrogens (primary N) is 6. The second kappa shape index (κ2) is 1.43. The molecule has 6 heteroatoms. The Morgan fingerprint density at radius 2 is 1.20 bits per heavy atom. The molecule has 0 atom stereocenters. The highest BCUT2D eigenvalue weighted by Crippen LogP contribution is 2.41. The Morgan fingerprint density at radius 1 is 0.900 bits per heavy atom. The van der Waals surface area contributed by atoms with Crippen LogP contribution in [0, 0.1) is 0 Å². The van der Waals surface area contributed by atoms with E-state index in [1.54, 1.807) is 0 Å². The van der Waals surface area contributed by atoms with Gasteiger partial charge in [-0.1, -0.05) is 0 Å². The van der Waals surface area contributed by atoms with Crippen LogP contribution < -0.4 is 34.4 Å². The molecule has 0 aromatic rings. The fraction of sp³-hybridized carbons (Fsp3) is 0.500. The van der Waals surface area contributed by atoms with Crippen molar-refractivity contribution in [2.45, 2.75) is 11.3 Å². The zero-order valence-electron chi connectivity index (χ0n) is 5.46. The van der Waals surface area contributed by atoms with Crippen molar-refractivity contribution in [1.82, 2.24) is 0 Å². The normalized spacial score (nSPS) is 26.2. The molecule has 6 nitrogen and oxygen atoms in total. The van der Waals surface area contributed by atoms with Gasteiger partial charge in [0.05, 0.1) is 5.82 Å². The van der Waals surface area contributed by atoms with Crippen LogP contribution in [0.1, 0.15) is 0 Å². The van der Waals surface area contributed by atoms with Crippen LogP contribution in [-0.4, -0.2) is 11.3 Å². The fourth-order valence-corrected chi connectivity index (χ4v) is 0.964. The van der Waals surface area contributed by atoms with Crippen molar-refractivity contribution in [1.29, 1.82) is 0 Å². The van der Waals surface area contributed by atoms with Gasteiger partial charge in [-0.25, -0.2) is 0 Å². The summed E-state index contributed by atoms with van der Waals surface area (Å²) in [7, 11) is 0. The smallest absolute Gasteiger partial charge is 0.129 e. The summed E-state index contributed by atoms with van der Waals surface area (Å²) >= 11 is 0. The van der Waals surface area contributed by atoms with Gasteiger partial charge in [-0.2, -0.15) is 0 Å². The summed E-state index contributed by atoms with van der Waals surface area (Å²) in [6.07, 6.45) is 0. The molecule has 1 aliphatic rings. The summed E-state index contributed by atoms with van der Waals surface area (Å²) in [6, 6.07) is 0. The first kappa shape index (κ1) is 7.29. The third-order valence-electron chi connectivity index (χ3n) is 1.74. The largest absolute Gasteiger partial charge is 0.386 e. The average molecular weight is 144 g/mol. The second-order valence-corrected chi connectivity index (χ2v) is 2.57. The molecular weight excluding hydrogens is 132 g/mol. The molecule has 0 aromatic carbocycles. The molecule has 0 bridgehead atoms. The standard InChI is InChI=1S/C4H12N6/c5-2(6)1-3(7,8)4(1,9)10/h5-10H2. The summed E-state index contributed by atoms with van der Waals surface area (Å²) < 4.78 is 0. The van der Waals surface area contributed by atoms with Crippen molar-refractivity contribution < 1.29 is 0 Å². The molecule has 10 heavy (non-hydrogen) atoms. The minimum atomic E-state index is -1.23. The Morgan fingerprint density at radius 3 is 1.20 bits per heavy atom. The Bertz CT molecular complexity index is 182. The highest BCUT2D eigenvalue weighted by atomic mass is 15.3. The highest BCUT2D eigenvalue weighted by molar-refractivity contribution is 5.54. The van der Waals surface area contributed by atoms with Crippen LogP contribution in [0.25, 0.3) is 0 Å². The van der Waals surface area contributed by atoms with E-state index in [0.29, 0.717) is 5.57 Å². The van der Waals surface area contributed by atoms with Crippen molar-refractivity contribution in [3.05, 3.63) is 11.4 Å². The molecule has 1 fully saturated rings. The van der Waals surface area contributed by atoms with Gasteiger partial charge in [0.2, 0.25) is 0 Å². The van der Waals surface area contributed by atoms with Crippen LogP contribution in [0.4, 0.5) is 0 Å². The van der Waals surface area contributed by atoms with Gasteiger partial charge in [0.25, 0.3) is 0 Å². The van der Waals surface area contributed by atoms with Gasteiger partial charge in [-0.15, -0.1) is 0 Å². The van der Waals surface area contributed by atoms with Crippen LogP contribution in [0.5, 0.6) is 0 Å². The molecule has 12 N–H and O–H groups in total. The van der Waals surface area contributed by atoms with Crippen LogP contribution in [0.3, 0.4) is 0 Å². The molecule has 0 spiro atoms. The van der Waals surface area contributed by atoms with Gasteiger partial charge < -0.3 is 34.4 Å². The van der Waals surface area contributed by atoms with E-state index in [9.17, 15) is 0 Å². The first-order chi connectivity index (χ1) is 4.32. The van der Waals surface area contributed by atoms with E-state index in [0.717, 1.165) is 0 Å². The van der Waals surface area contributed by atoms with Gasteiger partial charge in [-0.05, 0) is 0 Å². The molecular formula is C4H12N6. The lowest BCUT2D eigenvalue weighted by molar-refractivity contribution is 0.559. The zero-order valence-corrected chi connectivity index (χ0v) is 5.46. The van der Waals surface area contributed by atoms with Crippen molar-refractivity contribution in [2.24, 2.45) is 34.4 Å². The number of hydrogen-bond donors (Lipinski definition) is 6. The summed E-state index contributed by atoms with van der Waals surface area (Å²) in [5.41, 5.74) is 29.8. The molecule has 1 aliphatic carbocycles. The minimum Gasteiger partial charge on any atom is -0.386 e. The van der Waals surface area contributed by atoms with Crippen LogP contribution in [0.15, 0.2) is 11.4 Å². The third-order valence-corrected chi connectivity index (χ3v) is 1.74. The van der Waals surface area contributed by atoms with Crippen molar-refractivity contribution in [2.75, 3.05) is 0 Å². The maximum atomic E-state index is 5.40. The average Bonchev–Trinajstić information content (AvgIpc) is 1.97. The molecule has 58 valence electrons. The zero-order chi connectivity index (χ0) is 8.15. The Balaban J connectivity index is 3.04. The molecule has 0 aliphatic heterocycles. The van der Waals surface area contributed by atoms with Crippen LogP contribution >= 0.6 is 0 Å². The van der Waals surface area contributed by atoms with Gasteiger partial charge in [0, 0.05) is 5.57 Å². The molecule has 1 rings (SSSR count). The van der Waals surface area contributed by atoms with E-state index < -0.39 is 11.3 Å². The van der Waals surface area contributed by atoms with E-state index in [-0.39, 0.29) is 5.82 Å². The lowest BCUT2D eigenvalue weighted by Crippen LogP contribution is -2.53. The van der Waals surface area contributed by atoms with Gasteiger partial charge in [0.15, 0.2) is 0 Å². The molecule has 0 heterocycles. The van der Waals surface area contributed by atoms with E-state index in [1.165, 1.54) is 0 Å². The predicted molar refractivity (Wildman–Crippen MR) is 37.6 cm³/mol. The number of hydrogen-bond acceptors (Lipinski definition) is 6. The van der Waals surface area contributed by atoms with Gasteiger partial charge >= 0.3 is 0 Å². The molecule has 0 aromatic heterocycles. The SMILES string of the molecule is NC(N)=C1C(N)(N)C1(N)N. The predicted octanol–water partition coefficient (Wildman–Crippen LogP) is -3.64. The van der Waals surface area contributed by atoms with Gasteiger partial charge in [0.1, 0.15) is 11.3 Å². The van der Waals surface area contributed by atoms with Crippen molar-refractivity contribution in [3.8, 4) is 0 Å². The minimum absolute atomic E-state index is 0.00926. The molecule has 0 unspecified atom stereocenters. The molecule has 1 saturated carbocycles. The molecule has 0 saturated heterocycles. The quantitative estimate of drug-likeness (QED) is 0.192. The lowest BCUT2D eigenvalue weighted by Gasteiger charge is -2.03. The topological polar surface area (TPSA) is 156 Å². The summed E-state index contributed by atoms with van der Waals surface area (Å²) in [5, 5.41) is 0. The van der Waals surface area contributed by atoms with Crippen LogP contribution in [0.2, 0.25) is 0 Å². The molecule has 0 radical (unpaired) electrons. The lowest BCUT2D eigenvalue weighted by atomic mass is 10.4. The monoisotopic (exact) mass is 144 g/mol. The van der Waals surface area contributed by atoms with Crippen molar-refractivity contribution >= 4 is 0 Å². The van der Waals surface area contributed by atoms with E-state index in [4.69, 9.17) is 34.4 Å². The molecule has 0 amide bonds. The first-order valence-corrected chi connectivity index (χ1v) is 2.73. The Kier molecular flexibility index (Phi) is 1.04. The highest BCUT2D eigenvalue weighted by Gasteiger charge is 2.66. The first-order valence-electron chi connectivity index (χ1n) is 2.73. The Hall–Kier alpha value is -0.820. The van der Waals surface area contributed by atoms with Crippen LogP contribution in [-0.2, 0) is 0 Å². The third kappa shape index (κ3) is 0.557. The maximum Gasteiger partial charge on any atom is 0.129 e. The summed E-state index contributed by atoms with van der Waals surface area (Å²) in [4.78, 5) is 0. The second-order valence-electron chi connectivity index (χ2n) is 2.57. The van der Waals surface area contributed by atoms with E-state index in [2.05, 4.69) is 0 Å². The summed E-state index contributed by atoms with van der Waals surface area (Å²) in [6.45, 7) is 0. The fourth-order valence-electron chi connectivity index (χ4n) is 0.964. The number of rotatable bonds is 0. The summed E-state index contributed by atoms with van der Waals surface area (Å²) in [5.74, 6) is 0.00926. The van der Waals surface area contributed by atoms with E-state index >= 15 is 0 Å². The van der Waals surface area contributed by atoms with Gasteiger partial charge in [-0.3, -0.25) is 0 Å². The maximum absolute atomic E-state index is 5.40. The van der Waals surface area contributed by atoms with Crippen molar-refractivity contribution in [3.63, 3.8) is 0 Å². The van der Waals surface area contributed by atoms with E-state index in [1.807, 2.05) is 0 Å².